The van der Waals surface area contributed by atoms with Gasteiger partial charge in [-0.15, -0.1) is 0 Å². The molecule has 3 heterocycles. The van der Waals surface area contributed by atoms with Gasteiger partial charge in [0.1, 0.15) is 18.8 Å². The Morgan fingerprint density at radius 3 is 2.68 bits per heavy atom. The average molecular weight is 533 g/mol. The standard InChI is InChI=1S/C24H32Cl3N3O4/c25-24(26,27)16-34-20(31)7-3-10-29-12-8-17(9-13-29)15-28-22(32)21-18-5-1-2-6-19(18)30-11-4-14-33-23(21)30/h1-2,5-6,17,21,23H,3-4,7-16H2,(H,28,32). The predicted molar refractivity (Wildman–Crippen MR) is 134 cm³/mol. The summed E-state index contributed by atoms with van der Waals surface area (Å²) >= 11 is 16.8. The zero-order valence-electron chi connectivity index (χ0n) is 19.2. The van der Waals surface area contributed by atoms with Crippen LogP contribution in [0.1, 0.15) is 43.6 Å². The normalized spacial score (nSPS) is 23.3. The van der Waals surface area contributed by atoms with Crippen molar-refractivity contribution < 1.29 is 19.1 Å². The number of carbonyl (C=O) groups excluding carboxylic acids is 2. The Balaban J connectivity index is 1.17. The number of esters is 1. The molecule has 0 aliphatic carbocycles. The fourth-order valence-electron chi connectivity index (χ4n) is 5.08. The van der Waals surface area contributed by atoms with E-state index in [2.05, 4.69) is 21.2 Å². The first kappa shape index (κ1) is 25.8. The Kier molecular flexibility index (Phi) is 8.86. The molecule has 2 saturated heterocycles. The Morgan fingerprint density at radius 2 is 1.91 bits per heavy atom. The maximum Gasteiger partial charge on any atom is 0.305 e. The van der Waals surface area contributed by atoms with E-state index in [1.807, 2.05) is 18.2 Å². The fraction of sp³-hybridized carbons (Fsp3) is 0.667. The highest BCUT2D eigenvalue weighted by molar-refractivity contribution is 6.67. The molecule has 0 spiro atoms. The monoisotopic (exact) mass is 531 g/mol. The van der Waals surface area contributed by atoms with Crippen LogP contribution in [-0.4, -0.2) is 72.7 Å². The molecule has 0 aromatic heterocycles. The number of carbonyl (C=O) groups is 2. The van der Waals surface area contributed by atoms with Crippen molar-refractivity contribution in [1.82, 2.24) is 10.2 Å². The van der Waals surface area contributed by atoms with E-state index in [1.165, 1.54) is 0 Å². The molecule has 0 radical (unpaired) electrons. The summed E-state index contributed by atoms with van der Waals surface area (Å²) in [4.78, 5) is 29.5. The lowest BCUT2D eigenvalue weighted by molar-refractivity contribution is -0.143. The average Bonchev–Trinajstić information content (AvgIpc) is 3.16. The van der Waals surface area contributed by atoms with Crippen molar-refractivity contribution in [2.45, 2.75) is 48.0 Å². The highest BCUT2D eigenvalue weighted by Gasteiger charge is 2.44. The number of nitrogens with zero attached hydrogens (tertiary/aromatic N) is 2. The zero-order valence-corrected chi connectivity index (χ0v) is 21.5. The summed E-state index contributed by atoms with van der Waals surface area (Å²) in [5.74, 6) is -0.122. The molecule has 3 aliphatic heterocycles. The van der Waals surface area contributed by atoms with Crippen LogP contribution < -0.4 is 10.2 Å². The highest BCUT2D eigenvalue weighted by atomic mass is 35.6. The van der Waals surface area contributed by atoms with E-state index < -0.39 is 3.79 Å². The molecule has 1 amide bonds. The molecule has 2 unspecified atom stereocenters. The number of nitrogens with one attached hydrogen (secondary N) is 1. The molecule has 4 rings (SSSR count). The van der Waals surface area contributed by atoms with Crippen molar-refractivity contribution in [2.75, 3.05) is 50.8 Å². The number of likely N-dealkylation sites (tertiary alicyclic amines) is 1. The summed E-state index contributed by atoms with van der Waals surface area (Å²) in [7, 11) is 0. The molecule has 0 saturated carbocycles. The number of anilines is 1. The van der Waals surface area contributed by atoms with Gasteiger partial charge in [0, 0.05) is 25.2 Å². The van der Waals surface area contributed by atoms with Crippen LogP contribution in [0.3, 0.4) is 0 Å². The Hall–Kier alpha value is -1.25. The van der Waals surface area contributed by atoms with Gasteiger partial charge < -0.3 is 24.6 Å². The van der Waals surface area contributed by atoms with E-state index in [0.717, 1.165) is 56.7 Å². The highest BCUT2D eigenvalue weighted by Crippen LogP contribution is 2.43. The summed E-state index contributed by atoms with van der Waals surface area (Å²) in [6.07, 6.45) is 3.83. The number of alkyl halides is 3. The molecule has 1 N–H and O–H groups in total. The Bertz CT molecular complexity index is 858. The minimum atomic E-state index is -1.57. The number of piperidine rings is 1. The second kappa shape index (κ2) is 11.7. The largest absolute Gasteiger partial charge is 0.461 e. The van der Waals surface area contributed by atoms with E-state index in [4.69, 9.17) is 44.3 Å². The zero-order chi connectivity index (χ0) is 24.1. The minimum Gasteiger partial charge on any atom is -0.461 e. The van der Waals surface area contributed by atoms with Gasteiger partial charge in [0.2, 0.25) is 9.70 Å². The molecule has 3 aliphatic rings. The number of benzene rings is 1. The number of hydrogen-bond acceptors (Lipinski definition) is 6. The number of halogens is 3. The van der Waals surface area contributed by atoms with Crippen molar-refractivity contribution in [3.8, 4) is 0 Å². The molecular weight excluding hydrogens is 501 g/mol. The summed E-state index contributed by atoms with van der Waals surface area (Å²) in [6, 6.07) is 8.15. The molecule has 0 bridgehead atoms. The maximum absolute atomic E-state index is 13.2. The third kappa shape index (κ3) is 6.70. The van der Waals surface area contributed by atoms with E-state index in [0.29, 0.717) is 31.9 Å². The van der Waals surface area contributed by atoms with E-state index >= 15 is 0 Å². The van der Waals surface area contributed by atoms with Crippen LogP contribution in [0.25, 0.3) is 0 Å². The van der Waals surface area contributed by atoms with Gasteiger partial charge in [0.15, 0.2) is 0 Å². The van der Waals surface area contributed by atoms with Gasteiger partial charge in [0.05, 0.1) is 6.61 Å². The van der Waals surface area contributed by atoms with Crippen LogP contribution in [0.4, 0.5) is 5.69 Å². The number of fused-ring (bicyclic) bond motifs is 3. The van der Waals surface area contributed by atoms with Gasteiger partial charge in [0.25, 0.3) is 0 Å². The topological polar surface area (TPSA) is 71.1 Å². The van der Waals surface area contributed by atoms with Crippen molar-refractivity contribution in [2.24, 2.45) is 5.92 Å². The molecule has 2 atom stereocenters. The lowest BCUT2D eigenvalue weighted by Crippen LogP contribution is -2.47. The van der Waals surface area contributed by atoms with Gasteiger partial charge in [-0.25, -0.2) is 0 Å². The van der Waals surface area contributed by atoms with Crippen LogP contribution >= 0.6 is 34.8 Å². The summed E-state index contributed by atoms with van der Waals surface area (Å²) < 4.78 is 9.40. The minimum absolute atomic E-state index is 0.0534. The fourth-order valence-corrected chi connectivity index (χ4v) is 5.24. The van der Waals surface area contributed by atoms with Gasteiger partial charge in [-0.3, -0.25) is 9.59 Å². The Morgan fingerprint density at radius 1 is 1.15 bits per heavy atom. The van der Waals surface area contributed by atoms with E-state index in [-0.39, 0.29) is 30.6 Å². The van der Waals surface area contributed by atoms with Crippen LogP contribution in [0.15, 0.2) is 24.3 Å². The van der Waals surface area contributed by atoms with Gasteiger partial charge in [-0.2, -0.15) is 0 Å². The van der Waals surface area contributed by atoms with Crippen molar-refractivity contribution >= 4 is 52.4 Å². The molecule has 7 nitrogen and oxygen atoms in total. The number of para-hydroxylation sites is 1. The summed E-state index contributed by atoms with van der Waals surface area (Å²) in [6.45, 7) is 4.81. The molecule has 1 aromatic rings. The number of ether oxygens (including phenoxy) is 2. The SMILES string of the molecule is O=C(CCCN1CCC(CNC(=O)C2c3ccccc3N3CCCOC23)CC1)OCC(Cl)(Cl)Cl. The second-order valence-electron chi connectivity index (χ2n) is 9.25. The van der Waals surface area contributed by atoms with Crippen LogP contribution in [0.2, 0.25) is 0 Å². The third-order valence-electron chi connectivity index (χ3n) is 6.81. The lowest BCUT2D eigenvalue weighted by atomic mass is 9.95. The van der Waals surface area contributed by atoms with Gasteiger partial charge in [-0.05, 0) is 62.9 Å². The van der Waals surface area contributed by atoms with Gasteiger partial charge >= 0.3 is 5.97 Å². The van der Waals surface area contributed by atoms with E-state index in [1.54, 1.807) is 0 Å². The van der Waals surface area contributed by atoms with Crippen molar-refractivity contribution in [3.05, 3.63) is 29.8 Å². The number of rotatable bonds is 8. The Labute approximate surface area is 216 Å². The molecule has 188 valence electrons. The first-order valence-electron chi connectivity index (χ1n) is 12.0. The van der Waals surface area contributed by atoms with Crippen molar-refractivity contribution in [1.29, 1.82) is 0 Å². The molecule has 34 heavy (non-hydrogen) atoms. The second-order valence-corrected chi connectivity index (χ2v) is 11.8. The summed E-state index contributed by atoms with van der Waals surface area (Å²) in [5, 5.41) is 3.21. The number of hydrogen-bond donors (Lipinski definition) is 1. The molecule has 2 fully saturated rings. The smallest absolute Gasteiger partial charge is 0.305 e. The maximum atomic E-state index is 13.2. The number of amides is 1. The first-order chi connectivity index (χ1) is 16.3. The van der Waals surface area contributed by atoms with Crippen LogP contribution in [0.5, 0.6) is 0 Å². The molecule has 10 heteroatoms. The van der Waals surface area contributed by atoms with Gasteiger partial charge in [-0.1, -0.05) is 53.0 Å². The molecular formula is C24H32Cl3N3O4. The third-order valence-corrected chi connectivity index (χ3v) is 7.14. The van der Waals surface area contributed by atoms with E-state index in [9.17, 15) is 9.59 Å². The predicted octanol–water partition coefficient (Wildman–Crippen LogP) is 3.86. The first-order valence-corrected chi connectivity index (χ1v) is 13.1. The quantitative estimate of drug-likeness (QED) is 0.405. The van der Waals surface area contributed by atoms with Crippen molar-refractivity contribution in [3.63, 3.8) is 0 Å². The molecule has 1 aromatic carbocycles. The lowest BCUT2D eigenvalue weighted by Gasteiger charge is -2.34. The summed E-state index contributed by atoms with van der Waals surface area (Å²) in [5.41, 5.74) is 2.19. The van der Waals surface area contributed by atoms with Crippen LogP contribution in [-0.2, 0) is 19.1 Å². The van der Waals surface area contributed by atoms with Crippen LogP contribution in [0, 0.1) is 5.92 Å².